The van der Waals surface area contributed by atoms with Crippen molar-refractivity contribution in [2.75, 3.05) is 14.2 Å². The summed E-state index contributed by atoms with van der Waals surface area (Å²) in [6, 6.07) is 38.5. The van der Waals surface area contributed by atoms with Crippen molar-refractivity contribution in [3.63, 3.8) is 0 Å². The molecular weight excluding hydrogens is 486 g/mol. The lowest BCUT2D eigenvalue weighted by Gasteiger charge is -2.40. The molecule has 4 rings (SSSR count). The maximum absolute atomic E-state index is 13.5. The van der Waals surface area contributed by atoms with Gasteiger partial charge in [0.1, 0.15) is 6.04 Å². The van der Waals surface area contributed by atoms with Crippen molar-refractivity contribution >= 4 is 18.0 Å². The number of carbonyl (C=O) groups excluding carboxylic acids is 2. The fourth-order valence-corrected chi connectivity index (χ4v) is 4.93. The summed E-state index contributed by atoms with van der Waals surface area (Å²) in [4.78, 5) is 26.7. The number of hydrogen-bond donors (Lipinski definition) is 1. The standard InChI is InChI=1S/C34H33NO4/c1-38-32(36)30(25-15-18-26-16-7-3-8-17-26)31(33(37)39-2)35-34(27-19-9-4-10-20-27,28-21-11-5-12-22-28)29-23-13-6-14-24-29/h3-24,30-31,35H,25H2,1-2H3/t30?,31-/m0/s1. The molecule has 0 saturated heterocycles. The SMILES string of the molecule is COC(=O)C(CC=Cc1ccccc1)[C@H](NC(c1ccccc1)(c1ccccc1)c1ccccc1)C(=O)OC. The Balaban J connectivity index is 1.86. The fraction of sp³-hybridized carbons (Fsp3) is 0.176. The summed E-state index contributed by atoms with van der Waals surface area (Å²) in [7, 11) is 2.67. The number of benzene rings is 4. The lowest BCUT2D eigenvalue weighted by Crippen LogP contribution is -2.57. The molecule has 0 aliphatic heterocycles. The summed E-state index contributed by atoms with van der Waals surface area (Å²) in [6.07, 6.45) is 4.09. The third-order valence-electron chi connectivity index (χ3n) is 6.85. The predicted octanol–water partition coefficient (Wildman–Crippen LogP) is 6.00. The molecule has 0 aliphatic rings. The second kappa shape index (κ2) is 13.4. The Kier molecular flexibility index (Phi) is 9.44. The zero-order valence-electron chi connectivity index (χ0n) is 22.2. The van der Waals surface area contributed by atoms with Crippen molar-refractivity contribution < 1.29 is 19.1 Å². The van der Waals surface area contributed by atoms with Crippen molar-refractivity contribution in [2.24, 2.45) is 5.92 Å². The summed E-state index contributed by atoms with van der Waals surface area (Å²) in [5, 5.41) is 3.62. The third kappa shape index (κ3) is 6.33. The molecule has 0 aromatic heterocycles. The minimum atomic E-state index is -1.02. The van der Waals surface area contributed by atoms with Crippen LogP contribution in [0, 0.1) is 5.92 Å². The Labute approximate surface area is 230 Å². The van der Waals surface area contributed by atoms with E-state index in [1.54, 1.807) is 0 Å². The van der Waals surface area contributed by atoms with E-state index < -0.39 is 29.4 Å². The summed E-state index contributed by atoms with van der Waals surface area (Å²) in [5.74, 6) is -1.90. The molecule has 0 heterocycles. The zero-order chi connectivity index (χ0) is 27.5. The van der Waals surface area contributed by atoms with Crippen molar-refractivity contribution in [1.29, 1.82) is 0 Å². The number of allylic oxidation sites excluding steroid dienone is 1. The van der Waals surface area contributed by atoms with Gasteiger partial charge in [-0.3, -0.25) is 14.9 Å². The van der Waals surface area contributed by atoms with Gasteiger partial charge in [-0.25, -0.2) is 0 Å². The first-order valence-electron chi connectivity index (χ1n) is 12.9. The Bertz CT molecular complexity index is 1260. The van der Waals surface area contributed by atoms with E-state index in [9.17, 15) is 9.59 Å². The van der Waals surface area contributed by atoms with E-state index in [0.717, 1.165) is 22.3 Å². The Hall–Kier alpha value is -4.48. The number of methoxy groups -OCH3 is 2. The molecule has 0 bridgehead atoms. The number of nitrogens with one attached hydrogen (secondary N) is 1. The zero-order valence-corrected chi connectivity index (χ0v) is 22.2. The van der Waals surface area contributed by atoms with Crippen LogP contribution >= 0.6 is 0 Å². The van der Waals surface area contributed by atoms with Crippen molar-refractivity contribution in [3.05, 3.63) is 150 Å². The first kappa shape index (κ1) is 27.6. The summed E-state index contributed by atoms with van der Waals surface area (Å²) < 4.78 is 10.5. The molecule has 1 unspecified atom stereocenters. The van der Waals surface area contributed by atoms with Gasteiger partial charge in [0.15, 0.2) is 0 Å². The Morgan fingerprint density at radius 1 is 0.667 bits per heavy atom. The van der Waals surface area contributed by atoms with Crippen LogP contribution in [0.15, 0.2) is 127 Å². The van der Waals surface area contributed by atoms with E-state index >= 15 is 0 Å². The number of ether oxygens (including phenoxy) is 2. The second-order valence-electron chi connectivity index (χ2n) is 9.17. The van der Waals surface area contributed by atoms with Crippen LogP contribution < -0.4 is 5.32 Å². The van der Waals surface area contributed by atoms with Crippen LogP contribution in [0.3, 0.4) is 0 Å². The highest BCUT2D eigenvalue weighted by Gasteiger charge is 2.44. The van der Waals surface area contributed by atoms with Crippen molar-refractivity contribution in [1.82, 2.24) is 5.32 Å². The van der Waals surface area contributed by atoms with Crippen molar-refractivity contribution in [2.45, 2.75) is 18.0 Å². The van der Waals surface area contributed by atoms with Gasteiger partial charge in [0.2, 0.25) is 0 Å². The molecule has 5 heteroatoms. The van der Waals surface area contributed by atoms with E-state index in [1.807, 2.05) is 133 Å². The molecule has 0 amide bonds. The highest BCUT2D eigenvalue weighted by Crippen LogP contribution is 2.38. The number of hydrogen-bond acceptors (Lipinski definition) is 5. The van der Waals surface area contributed by atoms with Crippen LogP contribution in [-0.2, 0) is 24.6 Å². The van der Waals surface area contributed by atoms with Crippen LogP contribution in [0.5, 0.6) is 0 Å². The van der Waals surface area contributed by atoms with Crippen LogP contribution in [-0.4, -0.2) is 32.2 Å². The minimum Gasteiger partial charge on any atom is -0.469 e. The summed E-state index contributed by atoms with van der Waals surface area (Å²) in [6.45, 7) is 0. The van der Waals surface area contributed by atoms with Crippen LogP contribution in [0.1, 0.15) is 28.7 Å². The smallest absolute Gasteiger partial charge is 0.323 e. The van der Waals surface area contributed by atoms with E-state index in [4.69, 9.17) is 9.47 Å². The maximum atomic E-state index is 13.5. The third-order valence-corrected chi connectivity index (χ3v) is 6.85. The first-order chi connectivity index (χ1) is 19.1. The van der Waals surface area contributed by atoms with E-state index in [-0.39, 0.29) is 6.42 Å². The molecule has 5 nitrogen and oxygen atoms in total. The minimum absolute atomic E-state index is 0.267. The molecule has 1 N–H and O–H groups in total. The molecular formula is C34H33NO4. The van der Waals surface area contributed by atoms with Gasteiger partial charge in [0, 0.05) is 0 Å². The molecule has 0 radical (unpaired) electrons. The van der Waals surface area contributed by atoms with Gasteiger partial charge in [-0.1, -0.05) is 133 Å². The van der Waals surface area contributed by atoms with Gasteiger partial charge in [-0.05, 0) is 28.7 Å². The monoisotopic (exact) mass is 519 g/mol. The van der Waals surface area contributed by atoms with E-state index in [2.05, 4.69) is 5.32 Å². The van der Waals surface area contributed by atoms with Crippen LogP contribution in [0.25, 0.3) is 6.08 Å². The lowest BCUT2D eigenvalue weighted by atomic mass is 9.75. The van der Waals surface area contributed by atoms with Gasteiger partial charge >= 0.3 is 11.9 Å². The molecule has 198 valence electrons. The van der Waals surface area contributed by atoms with Gasteiger partial charge in [-0.2, -0.15) is 0 Å². The molecule has 2 atom stereocenters. The largest absolute Gasteiger partial charge is 0.469 e. The van der Waals surface area contributed by atoms with Crippen LogP contribution in [0.4, 0.5) is 0 Å². The van der Waals surface area contributed by atoms with E-state index in [1.165, 1.54) is 14.2 Å². The molecule has 0 fully saturated rings. The van der Waals surface area contributed by atoms with Crippen LogP contribution in [0.2, 0.25) is 0 Å². The second-order valence-corrected chi connectivity index (χ2v) is 9.17. The lowest BCUT2D eigenvalue weighted by molar-refractivity contribution is -0.155. The average molecular weight is 520 g/mol. The molecule has 39 heavy (non-hydrogen) atoms. The molecule has 0 spiro atoms. The fourth-order valence-electron chi connectivity index (χ4n) is 4.93. The number of rotatable bonds is 11. The average Bonchev–Trinajstić information content (AvgIpc) is 3.01. The van der Waals surface area contributed by atoms with E-state index in [0.29, 0.717) is 0 Å². The van der Waals surface area contributed by atoms with Gasteiger partial charge in [-0.15, -0.1) is 0 Å². The summed E-state index contributed by atoms with van der Waals surface area (Å²) >= 11 is 0. The topological polar surface area (TPSA) is 64.6 Å². The normalized spacial score (nSPS) is 13.0. The molecule has 0 aliphatic carbocycles. The highest BCUT2D eigenvalue weighted by atomic mass is 16.5. The summed E-state index contributed by atoms with van der Waals surface area (Å²) in [5.41, 5.74) is 2.77. The Morgan fingerprint density at radius 2 is 1.08 bits per heavy atom. The van der Waals surface area contributed by atoms with Gasteiger partial charge in [0.05, 0.1) is 25.7 Å². The first-order valence-corrected chi connectivity index (χ1v) is 12.9. The van der Waals surface area contributed by atoms with Gasteiger partial charge in [0.25, 0.3) is 0 Å². The Morgan fingerprint density at radius 3 is 1.49 bits per heavy atom. The molecule has 4 aromatic carbocycles. The molecule has 4 aromatic rings. The predicted molar refractivity (Wildman–Crippen MR) is 154 cm³/mol. The quantitative estimate of drug-likeness (QED) is 0.194. The maximum Gasteiger partial charge on any atom is 0.323 e. The number of esters is 2. The van der Waals surface area contributed by atoms with Gasteiger partial charge < -0.3 is 9.47 Å². The highest BCUT2D eigenvalue weighted by molar-refractivity contribution is 5.85. The van der Waals surface area contributed by atoms with Crippen molar-refractivity contribution in [3.8, 4) is 0 Å². The number of carbonyl (C=O) groups is 2. The molecule has 0 saturated carbocycles.